The monoisotopic (exact) mass is 263 g/mol. The Labute approximate surface area is 108 Å². The summed E-state index contributed by atoms with van der Waals surface area (Å²) in [7, 11) is 0. The van der Waals surface area contributed by atoms with Crippen molar-refractivity contribution in [3.63, 3.8) is 0 Å². The highest BCUT2D eigenvalue weighted by Gasteiger charge is 2.10. The molecule has 0 spiro atoms. The van der Waals surface area contributed by atoms with Crippen molar-refractivity contribution in [2.45, 2.75) is 13.2 Å². The summed E-state index contributed by atoms with van der Waals surface area (Å²) in [5.74, 6) is 2.97. The van der Waals surface area contributed by atoms with Crippen molar-refractivity contribution < 1.29 is 13.5 Å². The molecular weight excluding hydrogens is 252 g/mol. The van der Waals surface area contributed by atoms with Gasteiger partial charge < -0.3 is 15.0 Å². The van der Waals surface area contributed by atoms with Crippen LogP contribution in [-0.4, -0.2) is 16.2 Å². The molecule has 4 nitrogen and oxygen atoms in total. The third kappa shape index (κ3) is 2.83. The maximum atomic E-state index is 12.0. The smallest absolute Gasteiger partial charge is 0.387 e. The molecule has 98 valence electrons. The Bertz CT molecular complexity index is 599. The largest absolute Gasteiger partial charge is 0.435 e. The number of ether oxygens (including phenoxy) is 1. The van der Waals surface area contributed by atoms with Gasteiger partial charge in [0.25, 0.3) is 0 Å². The second-order valence-electron chi connectivity index (χ2n) is 3.71. The van der Waals surface area contributed by atoms with Crippen molar-refractivity contribution in [2.75, 3.05) is 5.73 Å². The predicted molar refractivity (Wildman–Crippen MR) is 67.5 cm³/mol. The Morgan fingerprint density at radius 2 is 2.05 bits per heavy atom. The van der Waals surface area contributed by atoms with Gasteiger partial charge in [-0.05, 0) is 24.3 Å². The second-order valence-corrected chi connectivity index (χ2v) is 3.71. The molecule has 0 saturated carbocycles. The second kappa shape index (κ2) is 5.40. The summed E-state index contributed by atoms with van der Waals surface area (Å²) < 4.78 is 29.9. The quantitative estimate of drug-likeness (QED) is 0.861. The summed E-state index contributed by atoms with van der Waals surface area (Å²) in [4.78, 5) is 4.15. The van der Waals surface area contributed by atoms with Crippen LogP contribution in [-0.2, 0) is 6.54 Å². The molecule has 0 atom stereocenters. The third-order valence-electron chi connectivity index (χ3n) is 2.49. The summed E-state index contributed by atoms with van der Waals surface area (Å²) in [6.07, 6.45) is 6.74. The van der Waals surface area contributed by atoms with E-state index in [-0.39, 0.29) is 5.75 Å². The van der Waals surface area contributed by atoms with E-state index in [4.69, 9.17) is 12.2 Å². The highest BCUT2D eigenvalue weighted by Crippen LogP contribution is 2.26. The number of nitrogen functional groups attached to an aromatic ring is 1. The average Bonchev–Trinajstić information content (AvgIpc) is 2.72. The number of nitrogens with zero attached hydrogens (tertiary/aromatic N) is 2. The SMILES string of the molecule is C#CCn1cnc(-c2ccc(OC(F)F)cc2)c1N. The Morgan fingerprint density at radius 1 is 1.37 bits per heavy atom. The molecule has 0 unspecified atom stereocenters. The maximum absolute atomic E-state index is 12.0. The molecule has 0 amide bonds. The molecule has 1 aromatic carbocycles. The van der Waals surface area contributed by atoms with Gasteiger partial charge in [0, 0.05) is 5.56 Å². The van der Waals surface area contributed by atoms with Gasteiger partial charge in [0.05, 0.1) is 12.9 Å². The van der Waals surface area contributed by atoms with E-state index in [1.54, 1.807) is 16.7 Å². The lowest BCUT2D eigenvalue weighted by atomic mass is 10.1. The van der Waals surface area contributed by atoms with Gasteiger partial charge in [-0.25, -0.2) is 4.98 Å². The van der Waals surface area contributed by atoms with Gasteiger partial charge in [-0.15, -0.1) is 6.42 Å². The Hall–Kier alpha value is -2.55. The maximum Gasteiger partial charge on any atom is 0.387 e. The molecular formula is C13H11F2N3O. The molecule has 19 heavy (non-hydrogen) atoms. The van der Waals surface area contributed by atoms with Crippen LogP contribution in [0, 0.1) is 12.3 Å². The van der Waals surface area contributed by atoms with Gasteiger partial charge in [0.2, 0.25) is 0 Å². The minimum Gasteiger partial charge on any atom is -0.435 e. The number of imidazole rings is 1. The van der Waals surface area contributed by atoms with Crippen LogP contribution in [0.1, 0.15) is 0 Å². The molecule has 6 heteroatoms. The van der Waals surface area contributed by atoms with E-state index < -0.39 is 6.61 Å². The lowest BCUT2D eigenvalue weighted by molar-refractivity contribution is -0.0498. The zero-order valence-electron chi connectivity index (χ0n) is 9.88. The van der Waals surface area contributed by atoms with E-state index in [9.17, 15) is 8.78 Å². The van der Waals surface area contributed by atoms with E-state index in [0.717, 1.165) is 0 Å². The molecule has 2 N–H and O–H groups in total. The Kier molecular flexibility index (Phi) is 3.66. The fourth-order valence-corrected chi connectivity index (χ4v) is 1.63. The first-order valence-corrected chi connectivity index (χ1v) is 5.41. The first kappa shape index (κ1) is 12.9. The molecule has 0 aliphatic carbocycles. The number of alkyl halides is 2. The number of benzene rings is 1. The topological polar surface area (TPSA) is 53.1 Å². The van der Waals surface area contributed by atoms with Gasteiger partial charge in [-0.3, -0.25) is 0 Å². The van der Waals surface area contributed by atoms with Crippen molar-refractivity contribution in [3.05, 3.63) is 30.6 Å². The molecule has 0 fully saturated rings. The van der Waals surface area contributed by atoms with Gasteiger partial charge in [0.15, 0.2) is 0 Å². The molecule has 0 aliphatic heterocycles. The lowest BCUT2D eigenvalue weighted by Gasteiger charge is -2.05. The molecule has 2 rings (SSSR count). The normalized spacial score (nSPS) is 10.4. The Balaban J connectivity index is 2.25. The first-order valence-electron chi connectivity index (χ1n) is 5.41. The van der Waals surface area contributed by atoms with Gasteiger partial charge in [-0.2, -0.15) is 8.78 Å². The molecule has 0 aliphatic rings. The van der Waals surface area contributed by atoms with Gasteiger partial charge >= 0.3 is 6.61 Å². The van der Waals surface area contributed by atoms with Crippen molar-refractivity contribution in [3.8, 4) is 29.4 Å². The summed E-state index contributed by atoms with van der Waals surface area (Å²) >= 11 is 0. The van der Waals surface area contributed by atoms with Crippen molar-refractivity contribution >= 4 is 5.82 Å². The summed E-state index contributed by atoms with van der Waals surface area (Å²) in [6, 6.07) is 6.08. The van der Waals surface area contributed by atoms with E-state index in [1.807, 2.05) is 0 Å². The molecule has 0 radical (unpaired) electrons. The van der Waals surface area contributed by atoms with Crippen LogP contribution >= 0.6 is 0 Å². The number of nitrogens with two attached hydrogens (primary N) is 1. The fourth-order valence-electron chi connectivity index (χ4n) is 1.63. The van der Waals surface area contributed by atoms with E-state index >= 15 is 0 Å². The summed E-state index contributed by atoms with van der Waals surface area (Å²) in [6.45, 7) is -2.52. The summed E-state index contributed by atoms with van der Waals surface area (Å²) in [5.41, 5.74) is 7.15. The minimum atomic E-state index is -2.84. The molecule has 1 aromatic heterocycles. The molecule has 0 saturated heterocycles. The fraction of sp³-hybridized carbons (Fsp3) is 0.154. The van der Waals surface area contributed by atoms with Gasteiger partial charge in [0.1, 0.15) is 17.3 Å². The predicted octanol–water partition coefficient (Wildman–Crippen LogP) is 2.37. The molecule has 0 bridgehead atoms. The number of aromatic nitrogens is 2. The van der Waals surface area contributed by atoms with Crippen LogP contribution < -0.4 is 10.5 Å². The van der Waals surface area contributed by atoms with Crippen molar-refractivity contribution in [1.29, 1.82) is 0 Å². The van der Waals surface area contributed by atoms with Crippen LogP contribution in [0.5, 0.6) is 5.75 Å². The number of anilines is 1. The minimum absolute atomic E-state index is 0.0837. The summed E-state index contributed by atoms with van der Waals surface area (Å²) in [5, 5.41) is 0. The van der Waals surface area contributed by atoms with Crippen molar-refractivity contribution in [1.82, 2.24) is 9.55 Å². The zero-order chi connectivity index (χ0) is 13.8. The van der Waals surface area contributed by atoms with Crippen LogP contribution in [0.25, 0.3) is 11.3 Å². The van der Waals surface area contributed by atoms with E-state index in [0.29, 0.717) is 23.6 Å². The van der Waals surface area contributed by atoms with Crippen LogP contribution in [0.15, 0.2) is 30.6 Å². The highest BCUT2D eigenvalue weighted by atomic mass is 19.3. The average molecular weight is 263 g/mol. The van der Waals surface area contributed by atoms with Crippen molar-refractivity contribution in [2.24, 2.45) is 0 Å². The highest BCUT2D eigenvalue weighted by molar-refractivity contribution is 5.70. The van der Waals surface area contributed by atoms with Crippen LogP contribution in [0.2, 0.25) is 0 Å². The number of rotatable bonds is 4. The lowest BCUT2D eigenvalue weighted by Crippen LogP contribution is -2.02. The molecule has 1 heterocycles. The number of hydrogen-bond acceptors (Lipinski definition) is 3. The number of halogens is 2. The molecule has 2 aromatic rings. The standard InChI is InChI=1S/C13H11F2N3O/c1-2-7-18-8-17-11(12(18)16)9-3-5-10(6-4-9)19-13(14)15/h1,3-6,8,13H,7,16H2. The zero-order valence-corrected chi connectivity index (χ0v) is 9.88. The number of terminal acetylenes is 1. The van der Waals surface area contributed by atoms with E-state index in [2.05, 4.69) is 15.6 Å². The number of hydrogen-bond donors (Lipinski definition) is 1. The van der Waals surface area contributed by atoms with Crippen LogP contribution in [0.3, 0.4) is 0 Å². The van der Waals surface area contributed by atoms with Crippen LogP contribution in [0.4, 0.5) is 14.6 Å². The van der Waals surface area contributed by atoms with E-state index in [1.165, 1.54) is 18.5 Å². The first-order chi connectivity index (χ1) is 9.11. The Morgan fingerprint density at radius 3 is 2.63 bits per heavy atom. The van der Waals surface area contributed by atoms with Gasteiger partial charge in [-0.1, -0.05) is 5.92 Å². The third-order valence-corrected chi connectivity index (χ3v) is 2.49.